The van der Waals surface area contributed by atoms with Crippen LogP contribution in [0.15, 0.2) is 83.8 Å². The number of benzene rings is 2. The fraction of sp³-hybridized carbons (Fsp3) is 0.174. The highest BCUT2D eigenvalue weighted by molar-refractivity contribution is 7.93. The van der Waals surface area contributed by atoms with Crippen LogP contribution >= 0.6 is 11.6 Å². The standard InChI is InChI=1S/C23H22ClNO4S/c1-23(22(26)27,16-17-6-3-2-4-7-17)25-30(28,29)21-9-5-8-18(12-15-21)19-10-13-20(24)14-11-19/h2-8,10-15,25H,9,16H2,1H3,(H,26,27)/t23-/m0/s1. The van der Waals surface area contributed by atoms with Crippen molar-refractivity contribution in [2.45, 2.75) is 25.3 Å². The Morgan fingerprint density at radius 2 is 1.77 bits per heavy atom. The number of hydrogen-bond donors (Lipinski definition) is 2. The third-order valence-corrected chi connectivity index (χ3v) is 6.78. The van der Waals surface area contributed by atoms with E-state index in [1.807, 2.05) is 24.3 Å². The fourth-order valence-corrected chi connectivity index (χ4v) is 4.74. The van der Waals surface area contributed by atoms with E-state index < -0.39 is 21.5 Å². The molecule has 0 unspecified atom stereocenters. The van der Waals surface area contributed by atoms with Crippen LogP contribution in [0.3, 0.4) is 0 Å². The van der Waals surface area contributed by atoms with E-state index in [2.05, 4.69) is 4.72 Å². The van der Waals surface area contributed by atoms with Crippen LogP contribution in [-0.4, -0.2) is 25.0 Å². The van der Waals surface area contributed by atoms with E-state index in [4.69, 9.17) is 11.6 Å². The first-order valence-corrected chi connectivity index (χ1v) is 11.2. The van der Waals surface area contributed by atoms with Crippen molar-refractivity contribution in [1.82, 2.24) is 4.72 Å². The van der Waals surface area contributed by atoms with E-state index in [-0.39, 0.29) is 17.7 Å². The summed E-state index contributed by atoms with van der Waals surface area (Å²) in [6, 6.07) is 16.2. The quantitative estimate of drug-likeness (QED) is 0.656. The third-order valence-electron chi connectivity index (χ3n) is 4.82. The second-order valence-electron chi connectivity index (χ2n) is 7.27. The van der Waals surface area contributed by atoms with Gasteiger partial charge in [0.05, 0.1) is 4.91 Å². The molecule has 30 heavy (non-hydrogen) atoms. The lowest BCUT2D eigenvalue weighted by Gasteiger charge is -2.26. The molecule has 0 amide bonds. The Labute approximate surface area is 181 Å². The smallest absolute Gasteiger partial charge is 0.324 e. The van der Waals surface area contributed by atoms with Crippen molar-refractivity contribution < 1.29 is 18.3 Å². The second kappa shape index (κ2) is 9.00. The molecule has 2 aromatic carbocycles. The Balaban J connectivity index is 1.87. The molecule has 0 saturated heterocycles. The van der Waals surface area contributed by atoms with Gasteiger partial charge in [0.2, 0.25) is 10.0 Å². The minimum atomic E-state index is -4.03. The molecule has 3 rings (SSSR count). The Morgan fingerprint density at radius 3 is 2.40 bits per heavy atom. The monoisotopic (exact) mass is 443 g/mol. The van der Waals surface area contributed by atoms with Crippen molar-refractivity contribution >= 4 is 33.2 Å². The zero-order chi connectivity index (χ0) is 21.8. The first kappa shape index (κ1) is 22.0. The van der Waals surface area contributed by atoms with Gasteiger partial charge in [-0.1, -0.05) is 72.3 Å². The largest absolute Gasteiger partial charge is 0.480 e. The Bertz CT molecular complexity index is 1120. The molecule has 1 atom stereocenters. The molecule has 2 N–H and O–H groups in total. The summed E-state index contributed by atoms with van der Waals surface area (Å²) in [5, 5.41) is 10.4. The molecule has 7 heteroatoms. The summed E-state index contributed by atoms with van der Waals surface area (Å²) in [7, 11) is -4.03. The predicted molar refractivity (Wildman–Crippen MR) is 120 cm³/mol. The molecule has 5 nitrogen and oxygen atoms in total. The zero-order valence-corrected chi connectivity index (χ0v) is 18.0. The predicted octanol–water partition coefficient (Wildman–Crippen LogP) is 4.57. The minimum Gasteiger partial charge on any atom is -0.480 e. The van der Waals surface area contributed by atoms with Crippen LogP contribution in [0.4, 0.5) is 0 Å². The molecule has 0 fully saturated rings. The highest BCUT2D eigenvalue weighted by Gasteiger charge is 2.38. The summed E-state index contributed by atoms with van der Waals surface area (Å²) < 4.78 is 28.4. The lowest BCUT2D eigenvalue weighted by Crippen LogP contribution is -2.53. The zero-order valence-electron chi connectivity index (χ0n) is 16.4. The Hall–Kier alpha value is -2.67. The normalized spacial score (nSPS) is 16.2. The molecule has 0 bridgehead atoms. The molecule has 0 aromatic heterocycles. The lowest BCUT2D eigenvalue weighted by molar-refractivity contribution is -0.143. The van der Waals surface area contributed by atoms with Crippen LogP contribution in [0.2, 0.25) is 5.02 Å². The molecule has 2 aromatic rings. The van der Waals surface area contributed by atoms with Gasteiger partial charge < -0.3 is 5.11 Å². The molecular weight excluding hydrogens is 422 g/mol. The van der Waals surface area contributed by atoms with Gasteiger partial charge in [-0.25, -0.2) is 8.42 Å². The number of carboxylic acid groups (broad SMARTS) is 1. The first-order valence-electron chi connectivity index (χ1n) is 9.34. The number of carboxylic acids is 1. The average molecular weight is 444 g/mol. The van der Waals surface area contributed by atoms with Crippen molar-refractivity contribution in [3.8, 4) is 0 Å². The summed E-state index contributed by atoms with van der Waals surface area (Å²) in [6.45, 7) is 1.38. The maximum absolute atomic E-state index is 13.0. The fourth-order valence-electron chi connectivity index (χ4n) is 3.16. The maximum atomic E-state index is 13.0. The SMILES string of the molecule is C[C@@](Cc1ccccc1)(NS(=O)(=O)C1=CC=C(c2ccc(Cl)cc2)C=CC1)C(=O)O. The highest BCUT2D eigenvalue weighted by Crippen LogP contribution is 2.25. The number of allylic oxidation sites excluding steroid dienone is 6. The summed E-state index contributed by atoms with van der Waals surface area (Å²) in [5.41, 5.74) is 0.782. The van der Waals surface area contributed by atoms with Crippen molar-refractivity contribution in [2.75, 3.05) is 0 Å². The highest BCUT2D eigenvalue weighted by atomic mass is 35.5. The van der Waals surface area contributed by atoms with E-state index in [0.29, 0.717) is 5.02 Å². The van der Waals surface area contributed by atoms with Crippen LogP contribution in [0.1, 0.15) is 24.5 Å². The van der Waals surface area contributed by atoms with Gasteiger partial charge >= 0.3 is 5.97 Å². The number of hydrogen-bond acceptors (Lipinski definition) is 3. The number of aliphatic carboxylic acids is 1. The van der Waals surface area contributed by atoms with Crippen molar-refractivity contribution in [3.63, 3.8) is 0 Å². The van der Waals surface area contributed by atoms with Gasteiger partial charge in [0.1, 0.15) is 5.54 Å². The van der Waals surface area contributed by atoms with E-state index in [0.717, 1.165) is 16.7 Å². The molecule has 156 valence electrons. The third kappa shape index (κ3) is 5.27. The Kier molecular flexibility index (Phi) is 6.61. The molecule has 0 aliphatic heterocycles. The van der Waals surface area contributed by atoms with Crippen LogP contribution in [0.25, 0.3) is 5.57 Å². The molecular formula is C23H22ClNO4S. The lowest BCUT2D eigenvalue weighted by atomic mass is 9.94. The first-order chi connectivity index (χ1) is 14.2. The van der Waals surface area contributed by atoms with Gasteiger partial charge in [-0.3, -0.25) is 4.79 Å². The molecule has 0 saturated carbocycles. The van der Waals surface area contributed by atoms with Gasteiger partial charge in [-0.05, 0) is 41.8 Å². The van der Waals surface area contributed by atoms with Crippen molar-refractivity contribution in [3.05, 3.63) is 100.0 Å². The minimum absolute atomic E-state index is 0.0252. The molecule has 1 aliphatic carbocycles. The van der Waals surface area contributed by atoms with Gasteiger partial charge in [-0.15, -0.1) is 0 Å². The van der Waals surface area contributed by atoms with Crippen LogP contribution in [0.5, 0.6) is 0 Å². The van der Waals surface area contributed by atoms with Gasteiger partial charge in [0, 0.05) is 17.9 Å². The van der Waals surface area contributed by atoms with E-state index in [9.17, 15) is 18.3 Å². The molecule has 1 aliphatic rings. The average Bonchev–Trinajstić information content (AvgIpc) is 2.96. The van der Waals surface area contributed by atoms with Crippen molar-refractivity contribution in [2.24, 2.45) is 0 Å². The molecule has 0 heterocycles. The van der Waals surface area contributed by atoms with Gasteiger partial charge in [0.25, 0.3) is 0 Å². The Morgan fingerprint density at radius 1 is 1.10 bits per heavy atom. The van der Waals surface area contributed by atoms with E-state index in [1.165, 1.54) is 13.0 Å². The number of sulfonamides is 1. The number of nitrogens with one attached hydrogen (secondary N) is 1. The molecule has 0 radical (unpaired) electrons. The van der Waals surface area contributed by atoms with Crippen molar-refractivity contribution in [1.29, 1.82) is 0 Å². The summed E-state index contributed by atoms with van der Waals surface area (Å²) >= 11 is 5.93. The second-order valence-corrected chi connectivity index (χ2v) is 9.45. The maximum Gasteiger partial charge on any atom is 0.324 e. The van der Waals surface area contributed by atoms with Gasteiger partial charge in [-0.2, -0.15) is 4.72 Å². The van der Waals surface area contributed by atoms with Crippen LogP contribution in [-0.2, 0) is 21.2 Å². The number of rotatable bonds is 7. The number of carbonyl (C=O) groups is 1. The summed E-state index contributed by atoms with van der Waals surface area (Å²) in [6.07, 6.45) is 6.98. The van der Waals surface area contributed by atoms with Crippen LogP contribution in [0, 0.1) is 0 Å². The summed E-state index contributed by atoms with van der Waals surface area (Å²) in [5.74, 6) is -1.24. The van der Waals surface area contributed by atoms with E-state index in [1.54, 1.807) is 48.6 Å². The number of halogens is 1. The van der Waals surface area contributed by atoms with Gasteiger partial charge in [0.15, 0.2) is 0 Å². The van der Waals surface area contributed by atoms with Crippen LogP contribution < -0.4 is 4.72 Å². The topological polar surface area (TPSA) is 83.5 Å². The summed E-state index contributed by atoms with van der Waals surface area (Å²) in [4.78, 5) is 12.0. The molecule has 0 spiro atoms. The van der Waals surface area contributed by atoms with E-state index >= 15 is 0 Å².